The summed E-state index contributed by atoms with van der Waals surface area (Å²) in [7, 11) is 0. The SMILES string of the molecule is CCCC(CC(C)CC)C(C)C=C(C)CC(C)C. The molecule has 108 valence electrons. The second kappa shape index (κ2) is 9.64. The average Bonchev–Trinajstić information content (AvgIpc) is 2.26. The molecular weight excluding hydrogens is 216 g/mol. The minimum Gasteiger partial charge on any atom is -0.0825 e. The van der Waals surface area contributed by atoms with Crippen molar-refractivity contribution in [3.8, 4) is 0 Å². The normalized spacial score (nSPS) is 17.9. The third kappa shape index (κ3) is 7.95. The highest BCUT2D eigenvalue weighted by Gasteiger charge is 2.17. The molecule has 0 aliphatic rings. The van der Waals surface area contributed by atoms with Crippen molar-refractivity contribution >= 4 is 0 Å². The minimum absolute atomic E-state index is 0.748. The van der Waals surface area contributed by atoms with Crippen LogP contribution in [0.5, 0.6) is 0 Å². The van der Waals surface area contributed by atoms with Crippen molar-refractivity contribution in [3.05, 3.63) is 11.6 Å². The fourth-order valence-electron chi connectivity index (χ4n) is 2.95. The van der Waals surface area contributed by atoms with E-state index in [4.69, 9.17) is 0 Å². The van der Waals surface area contributed by atoms with Crippen LogP contribution in [-0.2, 0) is 0 Å². The molecule has 0 N–H and O–H groups in total. The van der Waals surface area contributed by atoms with E-state index in [0.717, 1.165) is 23.7 Å². The lowest BCUT2D eigenvalue weighted by Crippen LogP contribution is -2.14. The van der Waals surface area contributed by atoms with Crippen molar-refractivity contribution < 1.29 is 0 Å². The van der Waals surface area contributed by atoms with Gasteiger partial charge in [0, 0.05) is 0 Å². The minimum atomic E-state index is 0.748. The lowest BCUT2D eigenvalue weighted by atomic mass is 9.81. The Balaban J connectivity index is 4.49. The van der Waals surface area contributed by atoms with Gasteiger partial charge in [0.25, 0.3) is 0 Å². The maximum absolute atomic E-state index is 2.54. The van der Waals surface area contributed by atoms with Crippen LogP contribution in [0.15, 0.2) is 11.6 Å². The van der Waals surface area contributed by atoms with Gasteiger partial charge in [-0.15, -0.1) is 0 Å². The van der Waals surface area contributed by atoms with Crippen molar-refractivity contribution in [2.45, 2.75) is 80.6 Å². The summed E-state index contributed by atoms with van der Waals surface area (Å²) in [5, 5.41) is 0. The highest BCUT2D eigenvalue weighted by atomic mass is 14.2. The van der Waals surface area contributed by atoms with Gasteiger partial charge in [-0.05, 0) is 43.4 Å². The molecule has 0 aliphatic carbocycles. The van der Waals surface area contributed by atoms with E-state index in [0.29, 0.717) is 0 Å². The van der Waals surface area contributed by atoms with E-state index in [2.05, 4.69) is 54.5 Å². The van der Waals surface area contributed by atoms with Crippen LogP contribution < -0.4 is 0 Å². The third-order valence-corrected chi connectivity index (χ3v) is 4.08. The van der Waals surface area contributed by atoms with E-state index >= 15 is 0 Å². The molecule has 0 saturated heterocycles. The lowest BCUT2D eigenvalue weighted by molar-refractivity contribution is 0.303. The highest BCUT2D eigenvalue weighted by molar-refractivity contribution is 5.02. The van der Waals surface area contributed by atoms with Crippen LogP contribution >= 0.6 is 0 Å². The standard InChI is InChI=1S/C18H36/c1-8-10-18(13-15(5)9-2)17(7)12-16(6)11-14(3)4/h12,14-15,17-18H,8-11,13H2,1-7H3. The molecule has 0 bridgehead atoms. The molecule has 3 unspecified atom stereocenters. The zero-order chi connectivity index (χ0) is 14.1. The van der Waals surface area contributed by atoms with E-state index < -0.39 is 0 Å². The van der Waals surface area contributed by atoms with Crippen molar-refractivity contribution in [3.63, 3.8) is 0 Å². The average molecular weight is 252 g/mol. The van der Waals surface area contributed by atoms with Crippen LogP contribution in [0.3, 0.4) is 0 Å². The molecule has 0 rings (SSSR count). The molecule has 0 aliphatic heterocycles. The number of allylic oxidation sites excluding steroid dienone is 2. The Kier molecular flexibility index (Phi) is 9.50. The summed E-state index contributed by atoms with van der Waals surface area (Å²) in [4.78, 5) is 0. The van der Waals surface area contributed by atoms with E-state index in [1.807, 2.05) is 0 Å². The van der Waals surface area contributed by atoms with Crippen LogP contribution in [-0.4, -0.2) is 0 Å². The molecule has 0 aromatic heterocycles. The van der Waals surface area contributed by atoms with Gasteiger partial charge in [-0.2, -0.15) is 0 Å². The third-order valence-electron chi connectivity index (χ3n) is 4.08. The summed E-state index contributed by atoms with van der Waals surface area (Å²) in [6.07, 6.45) is 9.23. The molecular formula is C18H36. The number of hydrogen-bond acceptors (Lipinski definition) is 0. The summed E-state index contributed by atoms with van der Waals surface area (Å²) < 4.78 is 0. The molecule has 0 heteroatoms. The zero-order valence-corrected chi connectivity index (χ0v) is 13.9. The molecule has 0 fully saturated rings. The molecule has 0 amide bonds. The Morgan fingerprint density at radius 2 is 1.67 bits per heavy atom. The van der Waals surface area contributed by atoms with Gasteiger partial charge < -0.3 is 0 Å². The Bertz CT molecular complexity index is 224. The van der Waals surface area contributed by atoms with Gasteiger partial charge in [0.05, 0.1) is 0 Å². The fraction of sp³-hybridized carbons (Fsp3) is 0.889. The lowest BCUT2D eigenvalue weighted by Gasteiger charge is -2.25. The predicted octanol–water partition coefficient (Wildman–Crippen LogP) is 6.47. The van der Waals surface area contributed by atoms with Gasteiger partial charge in [0.15, 0.2) is 0 Å². The van der Waals surface area contributed by atoms with E-state index in [-0.39, 0.29) is 0 Å². The Morgan fingerprint density at radius 1 is 1.06 bits per heavy atom. The van der Waals surface area contributed by atoms with Gasteiger partial charge in [-0.3, -0.25) is 0 Å². The topological polar surface area (TPSA) is 0 Å². The van der Waals surface area contributed by atoms with E-state index in [1.165, 1.54) is 32.1 Å². The summed E-state index contributed by atoms with van der Waals surface area (Å²) >= 11 is 0. The monoisotopic (exact) mass is 252 g/mol. The van der Waals surface area contributed by atoms with Crippen LogP contribution in [0.25, 0.3) is 0 Å². The second-order valence-electron chi connectivity index (χ2n) is 6.77. The van der Waals surface area contributed by atoms with Crippen LogP contribution in [0.1, 0.15) is 80.6 Å². The maximum Gasteiger partial charge on any atom is -0.0231 e. The maximum atomic E-state index is 2.54. The largest absolute Gasteiger partial charge is 0.0825 e. The molecule has 0 aromatic carbocycles. The van der Waals surface area contributed by atoms with Crippen molar-refractivity contribution in [2.24, 2.45) is 23.7 Å². The van der Waals surface area contributed by atoms with Crippen LogP contribution in [0, 0.1) is 23.7 Å². The molecule has 0 aromatic rings. The first-order chi connectivity index (χ1) is 8.40. The van der Waals surface area contributed by atoms with Gasteiger partial charge in [-0.1, -0.05) is 72.5 Å². The molecule has 0 heterocycles. The summed E-state index contributed by atoms with van der Waals surface area (Å²) in [6, 6.07) is 0. The summed E-state index contributed by atoms with van der Waals surface area (Å²) in [5.41, 5.74) is 1.59. The van der Waals surface area contributed by atoms with Crippen LogP contribution in [0.4, 0.5) is 0 Å². The Hall–Kier alpha value is -0.260. The first kappa shape index (κ1) is 17.7. The van der Waals surface area contributed by atoms with E-state index in [1.54, 1.807) is 5.57 Å². The van der Waals surface area contributed by atoms with Crippen molar-refractivity contribution in [2.75, 3.05) is 0 Å². The smallest absolute Gasteiger partial charge is 0.0231 e. The molecule has 18 heavy (non-hydrogen) atoms. The first-order valence-corrected chi connectivity index (χ1v) is 8.07. The zero-order valence-electron chi connectivity index (χ0n) is 13.9. The van der Waals surface area contributed by atoms with Gasteiger partial charge in [0.1, 0.15) is 0 Å². The molecule has 3 atom stereocenters. The number of rotatable bonds is 9. The Morgan fingerprint density at radius 3 is 2.11 bits per heavy atom. The van der Waals surface area contributed by atoms with Gasteiger partial charge in [-0.25, -0.2) is 0 Å². The van der Waals surface area contributed by atoms with Crippen molar-refractivity contribution in [1.82, 2.24) is 0 Å². The summed E-state index contributed by atoms with van der Waals surface area (Å²) in [6.45, 7) is 16.4. The molecule has 0 radical (unpaired) electrons. The highest BCUT2D eigenvalue weighted by Crippen LogP contribution is 2.29. The fourth-order valence-corrected chi connectivity index (χ4v) is 2.95. The van der Waals surface area contributed by atoms with E-state index in [9.17, 15) is 0 Å². The second-order valence-corrected chi connectivity index (χ2v) is 6.77. The summed E-state index contributed by atoms with van der Waals surface area (Å²) in [5.74, 6) is 3.29. The molecule has 0 saturated carbocycles. The first-order valence-electron chi connectivity index (χ1n) is 8.07. The van der Waals surface area contributed by atoms with Crippen LogP contribution in [0.2, 0.25) is 0 Å². The van der Waals surface area contributed by atoms with Gasteiger partial charge >= 0.3 is 0 Å². The molecule has 0 spiro atoms. The van der Waals surface area contributed by atoms with Gasteiger partial charge in [0.2, 0.25) is 0 Å². The predicted molar refractivity (Wildman–Crippen MR) is 84.8 cm³/mol. The molecule has 0 nitrogen and oxygen atoms in total. The number of hydrogen-bond donors (Lipinski definition) is 0. The Labute approximate surface area is 116 Å². The quantitative estimate of drug-likeness (QED) is 0.413. The van der Waals surface area contributed by atoms with Crippen molar-refractivity contribution in [1.29, 1.82) is 0 Å².